The van der Waals surface area contributed by atoms with Crippen LogP contribution in [-0.4, -0.2) is 23.1 Å². The molecular weight excluding hydrogens is 288 g/mol. The molecule has 0 bridgehead atoms. The number of nitrogens with two attached hydrogens (primary N) is 1. The Balaban J connectivity index is 2.05. The van der Waals surface area contributed by atoms with Gasteiger partial charge in [0.15, 0.2) is 0 Å². The Hall–Kier alpha value is -2.04. The minimum Gasteiger partial charge on any atom is -0.397 e. The zero-order chi connectivity index (χ0) is 16.6. The van der Waals surface area contributed by atoms with Crippen LogP contribution in [0.2, 0.25) is 0 Å². The largest absolute Gasteiger partial charge is 0.397 e. The van der Waals surface area contributed by atoms with Gasteiger partial charge in [-0.1, -0.05) is 33.1 Å². The number of rotatable bonds is 3. The minimum atomic E-state index is -0.125. The molecule has 0 atom stereocenters. The summed E-state index contributed by atoms with van der Waals surface area (Å²) in [6, 6.07) is 4.39. The monoisotopic (exact) mass is 314 g/mol. The maximum Gasteiger partial charge on any atom is 0.270 e. The summed E-state index contributed by atoms with van der Waals surface area (Å²) in [6.45, 7) is 3.96. The molecule has 23 heavy (non-hydrogen) atoms. The number of aromatic amines is 1. The van der Waals surface area contributed by atoms with E-state index in [0.29, 0.717) is 22.9 Å². The van der Waals surface area contributed by atoms with Crippen molar-refractivity contribution in [3.63, 3.8) is 0 Å². The molecule has 3 N–H and O–H groups in total. The SMILES string of the molecule is CC(C)c1nc2cc(N(C)C3CCCCC3)c(N)cc2[nH]c1=O. The van der Waals surface area contributed by atoms with E-state index in [9.17, 15) is 4.79 Å². The second-order valence-electron chi connectivity index (χ2n) is 6.94. The van der Waals surface area contributed by atoms with Crippen LogP contribution in [-0.2, 0) is 0 Å². The first-order chi connectivity index (χ1) is 11.0. The lowest BCUT2D eigenvalue weighted by molar-refractivity contribution is 0.428. The molecule has 0 unspecified atom stereocenters. The van der Waals surface area contributed by atoms with Crippen LogP contribution < -0.4 is 16.2 Å². The van der Waals surface area contributed by atoms with Crippen molar-refractivity contribution in [2.75, 3.05) is 17.7 Å². The van der Waals surface area contributed by atoms with Crippen LogP contribution in [0.3, 0.4) is 0 Å². The zero-order valence-electron chi connectivity index (χ0n) is 14.2. The van der Waals surface area contributed by atoms with Crippen molar-refractivity contribution in [2.24, 2.45) is 0 Å². The average Bonchev–Trinajstić information content (AvgIpc) is 2.53. The summed E-state index contributed by atoms with van der Waals surface area (Å²) < 4.78 is 0. The maximum absolute atomic E-state index is 12.1. The molecule has 1 fully saturated rings. The van der Waals surface area contributed by atoms with Crippen LogP contribution in [0.4, 0.5) is 11.4 Å². The predicted molar refractivity (Wildman–Crippen MR) is 96.1 cm³/mol. The summed E-state index contributed by atoms with van der Waals surface area (Å²) in [5.74, 6) is 0.0974. The third kappa shape index (κ3) is 3.05. The Labute approximate surface area is 136 Å². The lowest BCUT2D eigenvalue weighted by Crippen LogP contribution is -2.33. The van der Waals surface area contributed by atoms with Gasteiger partial charge in [0.25, 0.3) is 5.56 Å². The molecule has 1 heterocycles. The Morgan fingerprint density at radius 3 is 2.61 bits per heavy atom. The number of aromatic nitrogens is 2. The standard InChI is InChI=1S/C18H26N4O/c1-11(2)17-18(23)21-14-9-13(19)16(10-15(14)20-17)22(3)12-7-5-4-6-8-12/h9-12H,4-8,19H2,1-3H3,(H,21,23). The van der Waals surface area contributed by atoms with Crippen molar-refractivity contribution in [1.82, 2.24) is 9.97 Å². The highest BCUT2D eigenvalue weighted by molar-refractivity contribution is 5.86. The number of hydrogen-bond donors (Lipinski definition) is 2. The minimum absolute atomic E-state index is 0.0974. The number of anilines is 2. The lowest BCUT2D eigenvalue weighted by Gasteiger charge is -2.33. The van der Waals surface area contributed by atoms with Crippen LogP contribution in [0.1, 0.15) is 57.6 Å². The van der Waals surface area contributed by atoms with Crippen molar-refractivity contribution in [3.05, 3.63) is 28.2 Å². The van der Waals surface area contributed by atoms with Gasteiger partial charge in [0.2, 0.25) is 0 Å². The van der Waals surface area contributed by atoms with Gasteiger partial charge in [-0.15, -0.1) is 0 Å². The van der Waals surface area contributed by atoms with E-state index >= 15 is 0 Å². The van der Waals surface area contributed by atoms with Crippen molar-refractivity contribution in [3.8, 4) is 0 Å². The molecule has 1 aromatic carbocycles. The third-order valence-corrected chi connectivity index (χ3v) is 4.92. The van der Waals surface area contributed by atoms with Gasteiger partial charge in [0.1, 0.15) is 5.69 Å². The molecule has 5 nitrogen and oxygen atoms in total. The van der Waals surface area contributed by atoms with Gasteiger partial charge in [0.05, 0.1) is 22.4 Å². The molecular formula is C18H26N4O. The van der Waals surface area contributed by atoms with E-state index in [0.717, 1.165) is 11.2 Å². The molecule has 0 spiro atoms. The van der Waals surface area contributed by atoms with Gasteiger partial charge in [-0.25, -0.2) is 4.98 Å². The molecule has 0 amide bonds. The number of benzene rings is 1. The molecule has 1 aliphatic rings. The van der Waals surface area contributed by atoms with Gasteiger partial charge in [-0.3, -0.25) is 4.79 Å². The second-order valence-corrected chi connectivity index (χ2v) is 6.94. The van der Waals surface area contributed by atoms with Crippen LogP contribution in [0.5, 0.6) is 0 Å². The molecule has 5 heteroatoms. The fourth-order valence-electron chi connectivity index (χ4n) is 3.52. The summed E-state index contributed by atoms with van der Waals surface area (Å²) in [6.07, 6.45) is 6.32. The number of nitrogens with one attached hydrogen (secondary N) is 1. The molecule has 2 aromatic rings. The zero-order valence-corrected chi connectivity index (χ0v) is 14.2. The molecule has 0 saturated heterocycles. The molecule has 124 valence electrons. The molecule has 0 aliphatic heterocycles. The smallest absolute Gasteiger partial charge is 0.270 e. The second kappa shape index (κ2) is 6.22. The van der Waals surface area contributed by atoms with E-state index in [4.69, 9.17) is 5.73 Å². The van der Waals surface area contributed by atoms with E-state index in [1.807, 2.05) is 26.0 Å². The van der Waals surface area contributed by atoms with Gasteiger partial charge in [0, 0.05) is 19.0 Å². The van der Waals surface area contributed by atoms with Crippen molar-refractivity contribution in [1.29, 1.82) is 0 Å². The summed E-state index contributed by atoms with van der Waals surface area (Å²) >= 11 is 0. The van der Waals surface area contributed by atoms with Crippen molar-refractivity contribution in [2.45, 2.75) is 57.9 Å². The van der Waals surface area contributed by atoms with Crippen LogP contribution >= 0.6 is 0 Å². The summed E-state index contributed by atoms with van der Waals surface area (Å²) in [5, 5.41) is 0. The van der Waals surface area contributed by atoms with Crippen LogP contribution in [0, 0.1) is 0 Å². The van der Waals surface area contributed by atoms with Crippen molar-refractivity contribution >= 4 is 22.4 Å². The number of nitrogens with zero attached hydrogens (tertiary/aromatic N) is 2. The Bertz CT molecular complexity index is 759. The third-order valence-electron chi connectivity index (χ3n) is 4.92. The first-order valence-electron chi connectivity index (χ1n) is 8.53. The van der Waals surface area contributed by atoms with E-state index in [1.165, 1.54) is 32.1 Å². The molecule has 1 saturated carbocycles. The van der Waals surface area contributed by atoms with Gasteiger partial charge >= 0.3 is 0 Å². The topological polar surface area (TPSA) is 75.0 Å². The first kappa shape index (κ1) is 15.8. The number of hydrogen-bond acceptors (Lipinski definition) is 4. The number of H-pyrrole nitrogens is 1. The Morgan fingerprint density at radius 1 is 1.26 bits per heavy atom. The highest BCUT2D eigenvalue weighted by Gasteiger charge is 2.20. The van der Waals surface area contributed by atoms with Crippen LogP contribution in [0.25, 0.3) is 11.0 Å². The summed E-state index contributed by atoms with van der Waals surface area (Å²) in [7, 11) is 2.11. The normalized spacial score (nSPS) is 16.2. The maximum atomic E-state index is 12.1. The lowest BCUT2D eigenvalue weighted by atomic mass is 9.94. The highest BCUT2D eigenvalue weighted by atomic mass is 16.1. The highest BCUT2D eigenvalue weighted by Crippen LogP contribution is 2.32. The van der Waals surface area contributed by atoms with Gasteiger partial charge in [-0.05, 0) is 25.0 Å². The number of fused-ring (bicyclic) bond motifs is 1. The molecule has 3 rings (SSSR count). The summed E-state index contributed by atoms with van der Waals surface area (Å²) in [5.41, 5.74) is 9.92. The van der Waals surface area contributed by atoms with Crippen LogP contribution in [0.15, 0.2) is 16.9 Å². The van der Waals surface area contributed by atoms with E-state index in [1.54, 1.807) is 0 Å². The van der Waals surface area contributed by atoms with Gasteiger partial charge in [-0.2, -0.15) is 0 Å². The molecule has 1 aromatic heterocycles. The first-order valence-corrected chi connectivity index (χ1v) is 8.53. The van der Waals surface area contributed by atoms with Gasteiger partial charge < -0.3 is 15.6 Å². The Morgan fingerprint density at radius 2 is 1.96 bits per heavy atom. The van der Waals surface area contributed by atoms with Crippen molar-refractivity contribution < 1.29 is 0 Å². The summed E-state index contributed by atoms with van der Waals surface area (Å²) in [4.78, 5) is 21.9. The molecule has 1 aliphatic carbocycles. The average molecular weight is 314 g/mol. The predicted octanol–water partition coefficient (Wildman–Crippen LogP) is 3.40. The fraction of sp³-hybridized carbons (Fsp3) is 0.556. The Kier molecular flexibility index (Phi) is 4.28. The van der Waals surface area contributed by atoms with E-state index in [-0.39, 0.29) is 11.5 Å². The van der Waals surface area contributed by atoms with E-state index < -0.39 is 0 Å². The molecule has 0 radical (unpaired) electrons. The number of nitrogen functional groups attached to an aromatic ring is 1. The van der Waals surface area contributed by atoms with E-state index in [2.05, 4.69) is 21.9 Å². The fourth-order valence-corrected chi connectivity index (χ4v) is 3.52. The quantitative estimate of drug-likeness (QED) is 0.851.